The molecule has 28 heavy (non-hydrogen) atoms. The van der Waals surface area contributed by atoms with Crippen LogP contribution < -0.4 is 5.32 Å². The maximum absolute atomic E-state index is 11.5. The number of amides is 1. The Morgan fingerprint density at radius 3 is 2.32 bits per heavy atom. The molecule has 1 rings (SSSR count). The van der Waals surface area contributed by atoms with Gasteiger partial charge in [-0.1, -0.05) is 50.1 Å². The van der Waals surface area contributed by atoms with Crippen molar-refractivity contribution in [2.24, 2.45) is 0 Å². The van der Waals surface area contributed by atoms with Crippen molar-refractivity contribution in [2.45, 2.75) is 38.8 Å². The number of unbranched alkanes of at least 4 members (excludes halogenated alkanes) is 1. The molecule has 3 N–H and O–H groups in total. The molecular formula is C19H29NO8. The number of benzene rings is 1. The van der Waals surface area contributed by atoms with Gasteiger partial charge < -0.3 is 29.7 Å². The number of carbonyl (C=O) groups excluding carboxylic acids is 1. The van der Waals surface area contributed by atoms with Crippen LogP contribution in [-0.4, -0.2) is 61.2 Å². The Kier molecular flexibility index (Phi) is 15.0. The topological polar surface area (TPSA) is 131 Å². The van der Waals surface area contributed by atoms with Gasteiger partial charge in [0.05, 0.1) is 13.2 Å². The lowest BCUT2D eigenvalue weighted by atomic mass is 10.1. The number of hydrogen-bond acceptors (Lipinski definition) is 6. The summed E-state index contributed by atoms with van der Waals surface area (Å²) in [6.45, 7) is 2.62. The molecule has 0 heterocycles. The maximum Gasteiger partial charge on any atom is 0.408 e. The summed E-state index contributed by atoms with van der Waals surface area (Å²) in [5.41, 5.74) is 0.859. The number of rotatable bonds is 12. The molecule has 158 valence electrons. The zero-order valence-electron chi connectivity index (χ0n) is 16.3. The third-order valence-electron chi connectivity index (χ3n) is 3.31. The lowest BCUT2D eigenvalue weighted by Crippen LogP contribution is -2.40. The summed E-state index contributed by atoms with van der Waals surface area (Å²) in [5.74, 6) is -1.99. The predicted molar refractivity (Wildman–Crippen MR) is 101 cm³/mol. The number of carboxylic acid groups (broad SMARTS) is 2. The third kappa shape index (κ3) is 14.5. The number of methoxy groups -OCH3 is 1. The second-order valence-electron chi connectivity index (χ2n) is 5.68. The van der Waals surface area contributed by atoms with Gasteiger partial charge in [0.15, 0.2) is 0 Å². The molecule has 1 aromatic rings. The molecule has 1 aromatic carbocycles. The number of alkyl carbamates (subject to hydrolysis) is 1. The van der Waals surface area contributed by atoms with Crippen LogP contribution in [0, 0.1) is 0 Å². The average molecular weight is 399 g/mol. The summed E-state index contributed by atoms with van der Waals surface area (Å²) in [7, 11) is 1.53. The van der Waals surface area contributed by atoms with Crippen LogP contribution in [0.25, 0.3) is 0 Å². The number of carboxylic acids is 2. The van der Waals surface area contributed by atoms with E-state index in [2.05, 4.69) is 14.8 Å². The largest absolute Gasteiger partial charge is 0.480 e. The Bertz CT molecular complexity index is 564. The summed E-state index contributed by atoms with van der Waals surface area (Å²) >= 11 is 0. The van der Waals surface area contributed by atoms with Gasteiger partial charge in [-0.25, -0.2) is 14.4 Å². The molecular weight excluding hydrogens is 370 g/mol. The molecule has 0 bridgehead atoms. The zero-order valence-corrected chi connectivity index (χ0v) is 16.3. The molecule has 0 fully saturated rings. The molecule has 1 amide bonds. The molecule has 0 aliphatic carbocycles. The van der Waals surface area contributed by atoms with Crippen molar-refractivity contribution in [1.82, 2.24) is 5.32 Å². The molecule has 0 spiro atoms. The average Bonchev–Trinajstić information content (AvgIpc) is 2.68. The van der Waals surface area contributed by atoms with Crippen LogP contribution in [0.3, 0.4) is 0 Å². The normalized spacial score (nSPS) is 10.9. The Hall–Kier alpha value is -2.65. The lowest BCUT2D eigenvalue weighted by molar-refractivity contribution is -0.142. The highest BCUT2D eigenvalue weighted by Crippen LogP contribution is 2.03. The highest BCUT2D eigenvalue weighted by molar-refractivity contribution is 5.79. The second-order valence-corrected chi connectivity index (χ2v) is 5.68. The van der Waals surface area contributed by atoms with Gasteiger partial charge in [0.1, 0.15) is 19.3 Å². The monoisotopic (exact) mass is 399 g/mol. The first-order chi connectivity index (χ1) is 13.4. The van der Waals surface area contributed by atoms with Gasteiger partial charge in [-0.2, -0.15) is 0 Å². The first-order valence-corrected chi connectivity index (χ1v) is 8.89. The summed E-state index contributed by atoms with van der Waals surface area (Å²) in [5, 5.41) is 19.4. The molecule has 0 saturated heterocycles. The summed E-state index contributed by atoms with van der Waals surface area (Å²) in [4.78, 5) is 32.2. The van der Waals surface area contributed by atoms with Crippen molar-refractivity contribution < 1.29 is 38.8 Å². The Labute approximate surface area is 164 Å². The van der Waals surface area contributed by atoms with Crippen LogP contribution in [0.4, 0.5) is 4.79 Å². The van der Waals surface area contributed by atoms with Gasteiger partial charge in [0.2, 0.25) is 0 Å². The highest BCUT2D eigenvalue weighted by Gasteiger charge is 2.19. The quantitative estimate of drug-likeness (QED) is 0.456. The van der Waals surface area contributed by atoms with E-state index in [1.54, 1.807) is 0 Å². The van der Waals surface area contributed by atoms with Gasteiger partial charge in [-0.3, -0.25) is 0 Å². The van der Waals surface area contributed by atoms with Crippen molar-refractivity contribution in [2.75, 3.05) is 26.9 Å². The van der Waals surface area contributed by atoms with Crippen LogP contribution in [0.5, 0.6) is 0 Å². The molecule has 0 saturated carbocycles. The van der Waals surface area contributed by atoms with E-state index in [-0.39, 0.29) is 13.2 Å². The van der Waals surface area contributed by atoms with Crippen LogP contribution in [0.15, 0.2) is 30.3 Å². The zero-order chi connectivity index (χ0) is 21.2. The van der Waals surface area contributed by atoms with Crippen molar-refractivity contribution in [1.29, 1.82) is 0 Å². The van der Waals surface area contributed by atoms with E-state index in [1.165, 1.54) is 7.11 Å². The number of nitrogens with one attached hydrogen (secondary N) is 1. The minimum absolute atomic E-state index is 0.132. The molecule has 0 aliphatic rings. The molecule has 0 aromatic heterocycles. The van der Waals surface area contributed by atoms with Crippen molar-refractivity contribution >= 4 is 18.0 Å². The third-order valence-corrected chi connectivity index (χ3v) is 3.31. The van der Waals surface area contributed by atoms with Crippen molar-refractivity contribution in [3.63, 3.8) is 0 Å². The molecule has 0 radical (unpaired) electrons. The van der Waals surface area contributed by atoms with Gasteiger partial charge in [-0.15, -0.1) is 0 Å². The lowest BCUT2D eigenvalue weighted by Gasteiger charge is -2.14. The fraction of sp³-hybridized carbons (Fsp3) is 0.526. The van der Waals surface area contributed by atoms with E-state index in [0.717, 1.165) is 18.4 Å². The number of hydrogen-bond donors (Lipinski definition) is 3. The predicted octanol–water partition coefficient (Wildman–Crippen LogP) is 2.29. The first-order valence-electron chi connectivity index (χ1n) is 8.89. The summed E-state index contributed by atoms with van der Waals surface area (Å²) in [6, 6.07) is 8.34. The highest BCUT2D eigenvalue weighted by atomic mass is 16.5. The van der Waals surface area contributed by atoms with Crippen LogP contribution in [-0.2, 0) is 30.4 Å². The van der Waals surface area contributed by atoms with Gasteiger partial charge in [0, 0.05) is 7.11 Å². The molecule has 1 atom stereocenters. The van der Waals surface area contributed by atoms with Crippen LogP contribution in [0.1, 0.15) is 31.7 Å². The van der Waals surface area contributed by atoms with Gasteiger partial charge in [-0.05, 0) is 12.0 Å². The fourth-order valence-corrected chi connectivity index (χ4v) is 1.87. The summed E-state index contributed by atoms with van der Waals surface area (Å²) < 4.78 is 14.2. The van der Waals surface area contributed by atoms with Gasteiger partial charge >= 0.3 is 18.0 Å². The van der Waals surface area contributed by atoms with Crippen molar-refractivity contribution in [3.05, 3.63) is 35.9 Å². The first kappa shape index (κ1) is 25.4. The molecule has 9 heteroatoms. The van der Waals surface area contributed by atoms with Gasteiger partial charge in [0.25, 0.3) is 0 Å². The van der Waals surface area contributed by atoms with Crippen LogP contribution >= 0.6 is 0 Å². The summed E-state index contributed by atoms with van der Waals surface area (Å²) in [6.07, 6.45) is 1.33. The molecule has 0 aliphatic heterocycles. The number of aliphatic carboxylic acids is 2. The standard InChI is InChI=1S/C14H19NO4.C5H10O4/c1-2-3-9-12(13(16)17)15-14(18)19-10-11-7-5-4-6-8-11;1-8-2-3-9-4-5(6)7/h4-8,12H,2-3,9-10H2,1H3,(H,15,18)(H,16,17);2-4H2,1H3,(H,6,7)/t12-;/m1./s1. The van der Waals surface area contributed by atoms with E-state index < -0.39 is 24.1 Å². The SMILES string of the molecule is CCCC[C@@H](NC(=O)OCc1ccccc1)C(=O)O.COCCOCC(=O)O. The smallest absolute Gasteiger partial charge is 0.408 e. The number of ether oxygens (including phenoxy) is 3. The molecule has 0 unspecified atom stereocenters. The van der Waals surface area contributed by atoms with E-state index >= 15 is 0 Å². The Morgan fingerprint density at radius 1 is 1.11 bits per heavy atom. The molecule has 9 nitrogen and oxygen atoms in total. The van der Waals surface area contributed by atoms with Crippen LogP contribution in [0.2, 0.25) is 0 Å². The number of carbonyl (C=O) groups is 3. The Balaban J connectivity index is 0.000000684. The van der Waals surface area contributed by atoms with E-state index in [9.17, 15) is 14.4 Å². The maximum atomic E-state index is 11.5. The minimum atomic E-state index is -1.04. The van der Waals surface area contributed by atoms with E-state index in [0.29, 0.717) is 19.6 Å². The minimum Gasteiger partial charge on any atom is -0.480 e. The Morgan fingerprint density at radius 2 is 1.79 bits per heavy atom. The van der Waals surface area contributed by atoms with E-state index in [4.69, 9.17) is 14.9 Å². The van der Waals surface area contributed by atoms with E-state index in [1.807, 2.05) is 37.3 Å². The van der Waals surface area contributed by atoms with Crippen molar-refractivity contribution in [3.8, 4) is 0 Å². The fourth-order valence-electron chi connectivity index (χ4n) is 1.87. The second kappa shape index (κ2) is 16.5.